The standard InChI is InChI=1S/C13H21FN2/c1-13(2,9-15)10-16(3)8-11-4-6-12(14)7-5-11/h4-7H,8-10,15H2,1-3H3. The Morgan fingerprint density at radius 3 is 2.31 bits per heavy atom. The van der Waals surface area contributed by atoms with Gasteiger partial charge in [0, 0.05) is 13.1 Å². The van der Waals surface area contributed by atoms with Gasteiger partial charge in [-0.15, -0.1) is 0 Å². The first kappa shape index (κ1) is 13.1. The molecule has 0 saturated heterocycles. The molecule has 0 heterocycles. The Labute approximate surface area is 97.3 Å². The van der Waals surface area contributed by atoms with E-state index in [1.54, 1.807) is 0 Å². The van der Waals surface area contributed by atoms with Crippen LogP contribution in [0.1, 0.15) is 19.4 Å². The van der Waals surface area contributed by atoms with Crippen LogP contribution in [-0.4, -0.2) is 25.0 Å². The lowest BCUT2D eigenvalue weighted by molar-refractivity contribution is 0.210. The third-order valence-corrected chi connectivity index (χ3v) is 2.62. The van der Waals surface area contributed by atoms with Crippen molar-refractivity contribution >= 4 is 0 Å². The van der Waals surface area contributed by atoms with Crippen LogP contribution >= 0.6 is 0 Å². The van der Waals surface area contributed by atoms with Crippen molar-refractivity contribution < 1.29 is 4.39 Å². The molecule has 2 nitrogen and oxygen atoms in total. The van der Waals surface area contributed by atoms with Crippen molar-refractivity contribution in [2.24, 2.45) is 11.1 Å². The Hall–Kier alpha value is -0.930. The van der Waals surface area contributed by atoms with Gasteiger partial charge in [-0.3, -0.25) is 0 Å². The molecule has 0 aromatic heterocycles. The lowest BCUT2D eigenvalue weighted by Gasteiger charge is -2.29. The second-order valence-corrected chi connectivity index (χ2v) is 5.17. The van der Waals surface area contributed by atoms with E-state index in [1.165, 1.54) is 12.1 Å². The Morgan fingerprint density at radius 1 is 1.25 bits per heavy atom. The SMILES string of the molecule is CN(Cc1ccc(F)cc1)CC(C)(C)CN. The molecule has 0 radical (unpaired) electrons. The van der Waals surface area contributed by atoms with Gasteiger partial charge < -0.3 is 10.6 Å². The van der Waals surface area contributed by atoms with Crippen molar-refractivity contribution in [3.05, 3.63) is 35.6 Å². The molecule has 16 heavy (non-hydrogen) atoms. The molecule has 0 fully saturated rings. The maximum atomic E-state index is 12.7. The lowest BCUT2D eigenvalue weighted by atomic mass is 9.93. The zero-order valence-corrected chi connectivity index (χ0v) is 10.3. The minimum Gasteiger partial charge on any atom is -0.330 e. The summed E-state index contributed by atoms with van der Waals surface area (Å²) in [5.41, 5.74) is 6.93. The van der Waals surface area contributed by atoms with Crippen LogP contribution in [0.5, 0.6) is 0 Å². The molecule has 0 aliphatic carbocycles. The fourth-order valence-electron chi connectivity index (χ4n) is 1.75. The number of halogens is 1. The monoisotopic (exact) mass is 224 g/mol. The molecule has 0 aliphatic rings. The summed E-state index contributed by atoms with van der Waals surface area (Å²) in [6.45, 7) is 6.72. The number of rotatable bonds is 5. The molecule has 0 atom stereocenters. The second-order valence-electron chi connectivity index (χ2n) is 5.17. The average Bonchev–Trinajstić information content (AvgIpc) is 2.21. The van der Waals surface area contributed by atoms with Gasteiger partial charge in [0.05, 0.1) is 0 Å². The molecular weight excluding hydrogens is 203 g/mol. The molecule has 0 bridgehead atoms. The van der Waals surface area contributed by atoms with Crippen LogP contribution in [0.3, 0.4) is 0 Å². The van der Waals surface area contributed by atoms with Crippen molar-refractivity contribution in [2.75, 3.05) is 20.1 Å². The molecule has 0 unspecified atom stereocenters. The van der Waals surface area contributed by atoms with Gasteiger partial charge in [0.1, 0.15) is 5.82 Å². The molecule has 1 rings (SSSR count). The van der Waals surface area contributed by atoms with Crippen molar-refractivity contribution in [1.82, 2.24) is 4.90 Å². The highest BCUT2D eigenvalue weighted by molar-refractivity contribution is 5.15. The fraction of sp³-hybridized carbons (Fsp3) is 0.538. The number of hydrogen-bond donors (Lipinski definition) is 1. The van der Waals surface area contributed by atoms with Gasteiger partial charge in [0.2, 0.25) is 0 Å². The first-order chi connectivity index (χ1) is 7.43. The Morgan fingerprint density at radius 2 is 1.81 bits per heavy atom. The van der Waals surface area contributed by atoms with Gasteiger partial charge in [-0.2, -0.15) is 0 Å². The molecule has 90 valence electrons. The maximum Gasteiger partial charge on any atom is 0.123 e. The fourth-order valence-corrected chi connectivity index (χ4v) is 1.75. The number of hydrogen-bond acceptors (Lipinski definition) is 2. The summed E-state index contributed by atoms with van der Waals surface area (Å²) in [5.74, 6) is -0.186. The summed E-state index contributed by atoms with van der Waals surface area (Å²) in [5, 5.41) is 0. The predicted octanol–water partition coefficient (Wildman–Crippen LogP) is 2.24. The Balaban J connectivity index is 2.51. The van der Waals surface area contributed by atoms with Gasteiger partial charge in [0.25, 0.3) is 0 Å². The Bertz CT molecular complexity index is 319. The van der Waals surface area contributed by atoms with Crippen LogP contribution in [0.2, 0.25) is 0 Å². The molecule has 0 saturated carbocycles. The van der Waals surface area contributed by atoms with E-state index in [2.05, 4.69) is 25.8 Å². The van der Waals surface area contributed by atoms with E-state index in [4.69, 9.17) is 5.73 Å². The van der Waals surface area contributed by atoms with E-state index in [0.717, 1.165) is 18.7 Å². The molecule has 3 heteroatoms. The largest absolute Gasteiger partial charge is 0.330 e. The number of nitrogens with zero attached hydrogens (tertiary/aromatic N) is 1. The van der Waals surface area contributed by atoms with Gasteiger partial charge in [-0.1, -0.05) is 26.0 Å². The third-order valence-electron chi connectivity index (χ3n) is 2.62. The van der Waals surface area contributed by atoms with E-state index in [-0.39, 0.29) is 11.2 Å². The van der Waals surface area contributed by atoms with E-state index in [0.29, 0.717) is 6.54 Å². The molecule has 0 aliphatic heterocycles. The van der Waals surface area contributed by atoms with Gasteiger partial charge in [-0.25, -0.2) is 4.39 Å². The van der Waals surface area contributed by atoms with Crippen LogP contribution in [0.15, 0.2) is 24.3 Å². The Kier molecular flexibility index (Phi) is 4.44. The van der Waals surface area contributed by atoms with E-state index in [9.17, 15) is 4.39 Å². The van der Waals surface area contributed by atoms with Crippen molar-refractivity contribution in [3.8, 4) is 0 Å². The summed E-state index contributed by atoms with van der Waals surface area (Å²) in [6, 6.07) is 6.64. The first-order valence-corrected chi connectivity index (χ1v) is 5.56. The van der Waals surface area contributed by atoms with Crippen LogP contribution in [0, 0.1) is 11.2 Å². The molecule has 1 aromatic rings. The van der Waals surface area contributed by atoms with Gasteiger partial charge in [-0.05, 0) is 36.7 Å². The second kappa shape index (κ2) is 5.41. The van der Waals surface area contributed by atoms with Gasteiger partial charge >= 0.3 is 0 Å². The molecule has 2 N–H and O–H groups in total. The first-order valence-electron chi connectivity index (χ1n) is 5.56. The number of nitrogens with two attached hydrogens (primary N) is 1. The zero-order chi connectivity index (χ0) is 12.2. The molecule has 1 aromatic carbocycles. The maximum absolute atomic E-state index is 12.7. The highest BCUT2D eigenvalue weighted by Crippen LogP contribution is 2.15. The van der Waals surface area contributed by atoms with Crippen LogP contribution in [0.25, 0.3) is 0 Å². The lowest BCUT2D eigenvalue weighted by Crippen LogP contribution is -2.36. The topological polar surface area (TPSA) is 29.3 Å². The predicted molar refractivity (Wildman–Crippen MR) is 65.6 cm³/mol. The van der Waals surface area contributed by atoms with Crippen LogP contribution < -0.4 is 5.73 Å². The summed E-state index contributed by atoms with van der Waals surface area (Å²) in [4.78, 5) is 2.21. The van der Waals surface area contributed by atoms with Crippen LogP contribution in [0.4, 0.5) is 4.39 Å². The molecule has 0 spiro atoms. The summed E-state index contributed by atoms with van der Waals surface area (Å²) < 4.78 is 12.7. The normalized spacial score (nSPS) is 12.1. The van der Waals surface area contributed by atoms with Crippen LogP contribution in [-0.2, 0) is 6.54 Å². The summed E-state index contributed by atoms with van der Waals surface area (Å²) in [7, 11) is 2.06. The molecule has 0 amide bonds. The quantitative estimate of drug-likeness (QED) is 0.831. The van der Waals surface area contributed by atoms with Crippen molar-refractivity contribution in [2.45, 2.75) is 20.4 Å². The minimum absolute atomic E-state index is 0.120. The van der Waals surface area contributed by atoms with E-state index >= 15 is 0 Å². The molecular formula is C13H21FN2. The van der Waals surface area contributed by atoms with Gasteiger partial charge in [0.15, 0.2) is 0 Å². The highest BCUT2D eigenvalue weighted by Gasteiger charge is 2.17. The third kappa shape index (κ3) is 4.29. The van der Waals surface area contributed by atoms with E-state index in [1.807, 2.05) is 12.1 Å². The zero-order valence-electron chi connectivity index (χ0n) is 10.3. The summed E-state index contributed by atoms with van der Waals surface area (Å²) in [6.07, 6.45) is 0. The minimum atomic E-state index is -0.186. The summed E-state index contributed by atoms with van der Waals surface area (Å²) >= 11 is 0. The van der Waals surface area contributed by atoms with E-state index < -0.39 is 0 Å². The number of benzene rings is 1. The van der Waals surface area contributed by atoms with Crippen molar-refractivity contribution in [1.29, 1.82) is 0 Å². The average molecular weight is 224 g/mol. The highest BCUT2D eigenvalue weighted by atomic mass is 19.1. The smallest absolute Gasteiger partial charge is 0.123 e. The van der Waals surface area contributed by atoms with Crippen molar-refractivity contribution in [3.63, 3.8) is 0 Å².